The van der Waals surface area contributed by atoms with Gasteiger partial charge in [0.2, 0.25) is 11.8 Å². The molecule has 8 nitrogen and oxygen atoms in total. The van der Waals surface area contributed by atoms with Crippen molar-refractivity contribution in [2.75, 3.05) is 46.5 Å². The Balaban J connectivity index is 1.67. The van der Waals surface area contributed by atoms with Crippen molar-refractivity contribution in [1.82, 2.24) is 15.5 Å². The molecular weight excluding hydrogens is 494 g/mol. The number of amides is 2. The van der Waals surface area contributed by atoms with Gasteiger partial charge in [-0.3, -0.25) is 19.3 Å². The number of nitrogens with zero attached hydrogens (tertiary/aromatic N) is 1. The Labute approximate surface area is 232 Å². The molecule has 0 bridgehead atoms. The van der Waals surface area contributed by atoms with Crippen molar-refractivity contribution in [1.29, 1.82) is 0 Å². The lowest BCUT2D eigenvalue weighted by atomic mass is 9.92. The quantitative estimate of drug-likeness (QED) is 0.283. The molecular formula is C31H43N3O5. The molecule has 2 aromatic carbocycles. The maximum atomic E-state index is 13.3. The molecule has 0 saturated carbocycles. The summed E-state index contributed by atoms with van der Waals surface area (Å²) < 4.78 is 10.2. The van der Waals surface area contributed by atoms with Crippen LogP contribution in [-0.2, 0) is 30.3 Å². The minimum Gasteiger partial charge on any atom is -0.469 e. The Hall–Kier alpha value is -3.23. The molecule has 39 heavy (non-hydrogen) atoms. The summed E-state index contributed by atoms with van der Waals surface area (Å²) in [6.07, 6.45) is 1.68. The summed E-state index contributed by atoms with van der Waals surface area (Å²) in [4.78, 5) is 40.9. The smallest absolute Gasteiger partial charge is 0.306 e. The number of nitrogens with one attached hydrogen (secondary N) is 2. The first-order valence-corrected chi connectivity index (χ1v) is 13.9. The van der Waals surface area contributed by atoms with Crippen LogP contribution < -0.4 is 10.6 Å². The standard InChI is InChI=1S/C31H43N3O5/c1-23(2)20-27(22-29(35)38-3)30(36)33-28(31(37)32-14-7-15-34-16-18-39-19-17-34)21-24-10-12-26(13-11-24)25-8-5-4-6-9-25/h4-6,8-13,23,27-28H,7,14-22H2,1-3H3,(H,32,37)(H,33,36)/t27-,28+/m1/s1. The van der Waals surface area contributed by atoms with Crippen molar-refractivity contribution < 1.29 is 23.9 Å². The molecule has 2 amide bonds. The molecule has 1 saturated heterocycles. The van der Waals surface area contributed by atoms with Gasteiger partial charge in [-0.25, -0.2) is 0 Å². The number of rotatable bonds is 14. The summed E-state index contributed by atoms with van der Waals surface area (Å²) in [6, 6.07) is 17.4. The highest BCUT2D eigenvalue weighted by atomic mass is 16.5. The molecule has 2 N–H and O–H groups in total. The van der Waals surface area contributed by atoms with Crippen LogP contribution in [0.3, 0.4) is 0 Å². The van der Waals surface area contributed by atoms with Crippen LogP contribution in [0.5, 0.6) is 0 Å². The number of morpholine rings is 1. The molecule has 212 valence electrons. The van der Waals surface area contributed by atoms with Gasteiger partial charge in [-0.05, 0) is 42.0 Å². The van der Waals surface area contributed by atoms with Gasteiger partial charge >= 0.3 is 5.97 Å². The van der Waals surface area contributed by atoms with Crippen molar-refractivity contribution in [3.05, 3.63) is 60.2 Å². The number of hydrogen-bond donors (Lipinski definition) is 2. The van der Waals surface area contributed by atoms with Crippen LogP contribution in [0.2, 0.25) is 0 Å². The number of carbonyl (C=O) groups excluding carboxylic acids is 3. The SMILES string of the molecule is COC(=O)C[C@@H](CC(C)C)C(=O)N[C@@H](Cc1ccc(-c2ccccc2)cc1)C(=O)NCCCN1CCOCC1. The first kappa shape index (κ1) is 30.3. The van der Waals surface area contributed by atoms with Crippen molar-refractivity contribution in [2.45, 2.75) is 45.6 Å². The lowest BCUT2D eigenvalue weighted by Crippen LogP contribution is -2.50. The first-order chi connectivity index (χ1) is 18.9. The van der Waals surface area contributed by atoms with Gasteiger partial charge in [0.1, 0.15) is 6.04 Å². The normalized spacial score (nSPS) is 15.4. The van der Waals surface area contributed by atoms with E-state index in [4.69, 9.17) is 9.47 Å². The molecule has 2 atom stereocenters. The minimum absolute atomic E-state index is 0.0137. The zero-order valence-corrected chi connectivity index (χ0v) is 23.5. The Morgan fingerprint density at radius 1 is 0.949 bits per heavy atom. The van der Waals surface area contributed by atoms with Crippen molar-refractivity contribution in [3.8, 4) is 11.1 Å². The van der Waals surface area contributed by atoms with Crippen molar-refractivity contribution in [2.24, 2.45) is 11.8 Å². The molecule has 0 aliphatic carbocycles. The molecule has 8 heteroatoms. The molecule has 0 radical (unpaired) electrons. The van der Waals surface area contributed by atoms with E-state index in [1.807, 2.05) is 56.3 Å². The van der Waals surface area contributed by atoms with Crippen LogP contribution in [0.4, 0.5) is 0 Å². The highest BCUT2D eigenvalue weighted by Gasteiger charge is 2.28. The van der Waals surface area contributed by atoms with Crippen LogP contribution in [0.15, 0.2) is 54.6 Å². The van der Waals surface area contributed by atoms with Gasteiger partial charge in [0, 0.05) is 32.0 Å². The van der Waals surface area contributed by atoms with Gasteiger partial charge in [0.05, 0.1) is 26.7 Å². The fraction of sp³-hybridized carbons (Fsp3) is 0.516. The highest BCUT2D eigenvalue weighted by molar-refractivity contribution is 5.90. The summed E-state index contributed by atoms with van der Waals surface area (Å²) in [5, 5.41) is 5.96. The molecule has 1 fully saturated rings. The third-order valence-corrected chi connectivity index (χ3v) is 6.96. The first-order valence-electron chi connectivity index (χ1n) is 13.9. The Morgan fingerprint density at radius 3 is 2.26 bits per heavy atom. The summed E-state index contributed by atoms with van der Waals surface area (Å²) >= 11 is 0. The maximum Gasteiger partial charge on any atom is 0.306 e. The van der Waals surface area contributed by atoms with E-state index in [9.17, 15) is 14.4 Å². The average Bonchev–Trinajstić information content (AvgIpc) is 2.95. The van der Waals surface area contributed by atoms with Gasteiger partial charge in [0.25, 0.3) is 0 Å². The fourth-order valence-corrected chi connectivity index (χ4v) is 4.80. The number of ether oxygens (including phenoxy) is 2. The maximum absolute atomic E-state index is 13.3. The molecule has 1 aliphatic heterocycles. The summed E-state index contributed by atoms with van der Waals surface area (Å²) in [7, 11) is 1.32. The molecule has 0 spiro atoms. The van der Waals surface area contributed by atoms with Gasteiger partial charge in [0.15, 0.2) is 0 Å². The Bertz CT molecular complexity index is 1040. The van der Waals surface area contributed by atoms with Crippen LogP contribution >= 0.6 is 0 Å². The predicted octanol–water partition coefficient (Wildman–Crippen LogP) is 3.44. The van der Waals surface area contributed by atoms with E-state index in [1.165, 1.54) is 7.11 Å². The van der Waals surface area contributed by atoms with E-state index in [1.54, 1.807) is 0 Å². The number of hydrogen-bond acceptors (Lipinski definition) is 6. The highest BCUT2D eigenvalue weighted by Crippen LogP contribution is 2.21. The Morgan fingerprint density at radius 2 is 1.62 bits per heavy atom. The second-order valence-electron chi connectivity index (χ2n) is 10.5. The molecule has 1 aliphatic rings. The summed E-state index contributed by atoms with van der Waals surface area (Å²) in [6.45, 7) is 8.71. The van der Waals surface area contributed by atoms with Crippen LogP contribution in [0.25, 0.3) is 11.1 Å². The Kier molecular flexibility index (Phi) is 12.4. The van der Waals surface area contributed by atoms with E-state index < -0.39 is 17.9 Å². The molecule has 2 aromatic rings. The molecule has 3 rings (SSSR count). The number of benzene rings is 2. The van der Waals surface area contributed by atoms with Gasteiger partial charge in [-0.15, -0.1) is 0 Å². The second kappa shape index (κ2) is 16.0. The van der Waals surface area contributed by atoms with Gasteiger partial charge in [-0.1, -0.05) is 68.4 Å². The predicted molar refractivity (Wildman–Crippen MR) is 152 cm³/mol. The number of carbonyl (C=O) groups is 3. The lowest BCUT2D eigenvalue weighted by Gasteiger charge is -2.26. The largest absolute Gasteiger partial charge is 0.469 e. The van der Waals surface area contributed by atoms with Gasteiger partial charge < -0.3 is 20.1 Å². The van der Waals surface area contributed by atoms with Gasteiger partial charge in [-0.2, -0.15) is 0 Å². The zero-order chi connectivity index (χ0) is 28.0. The van der Waals surface area contributed by atoms with Crippen molar-refractivity contribution >= 4 is 17.8 Å². The second-order valence-corrected chi connectivity index (χ2v) is 10.5. The van der Waals surface area contributed by atoms with Crippen LogP contribution in [0, 0.1) is 11.8 Å². The molecule has 0 unspecified atom stereocenters. The lowest BCUT2D eigenvalue weighted by molar-refractivity contribution is -0.144. The van der Waals surface area contributed by atoms with Crippen molar-refractivity contribution in [3.63, 3.8) is 0 Å². The monoisotopic (exact) mass is 537 g/mol. The van der Waals surface area contributed by atoms with E-state index in [2.05, 4.69) is 27.7 Å². The third kappa shape index (κ3) is 10.5. The number of esters is 1. The summed E-state index contributed by atoms with van der Waals surface area (Å²) in [5.41, 5.74) is 3.14. The van der Waals surface area contributed by atoms with E-state index in [-0.39, 0.29) is 24.2 Å². The molecule has 1 heterocycles. The van der Waals surface area contributed by atoms with E-state index in [0.29, 0.717) is 19.4 Å². The third-order valence-electron chi connectivity index (χ3n) is 6.96. The summed E-state index contributed by atoms with van der Waals surface area (Å²) in [5.74, 6) is -1.31. The van der Waals surface area contributed by atoms with E-state index >= 15 is 0 Å². The zero-order valence-electron chi connectivity index (χ0n) is 23.5. The average molecular weight is 538 g/mol. The minimum atomic E-state index is -0.754. The molecule has 0 aromatic heterocycles. The number of methoxy groups -OCH3 is 1. The topological polar surface area (TPSA) is 97.0 Å². The van der Waals surface area contributed by atoms with Crippen LogP contribution in [0.1, 0.15) is 38.7 Å². The van der Waals surface area contributed by atoms with Crippen LogP contribution in [-0.4, -0.2) is 75.2 Å². The van der Waals surface area contributed by atoms with E-state index in [0.717, 1.165) is 56.0 Å². The fourth-order valence-electron chi connectivity index (χ4n) is 4.80.